The molecular weight excluding hydrogens is 314 g/mol. The first kappa shape index (κ1) is 14.6. The Morgan fingerprint density at radius 2 is 2.00 bits per heavy atom. The van der Waals surface area contributed by atoms with Crippen LogP contribution in [-0.4, -0.2) is 50.7 Å². The summed E-state index contributed by atoms with van der Waals surface area (Å²) in [4.78, 5) is 18.2. The van der Waals surface area contributed by atoms with Crippen molar-refractivity contribution in [2.75, 3.05) is 29.9 Å². The second-order valence-corrected chi connectivity index (χ2v) is 7.09. The maximum Gasteiger partial charge on any atom is 0.153 e. The molecule has 4 heterocycles. The van der Waals surface area contributed by atoms with Crippen LogP contribution >= 0.6 is 0 Å². The number of aryl methyl sites for hydroxylation is 1. The van der Waals surface area contributed by atoms with Crippen LogP contribution in [0.5, 0.6) is 0 Å². The predicted molar refractivity (Wildman–Crippen MR) is 96.1 cm³/mol. The normalized spacial score (nSPS) is 17.8. The Kier molecular flexibility index (Phi) is 3.16. The van der Waals surface area contributed by atoms with Crippen LogP contribution in [0.15, 0.2) is 30.6 Å². The van der Waals surface area contributed by atoms with Gasteiger partial charge in [-0.2, -0.15) is 0 Å². The van der Waals surface area contributed by atoms with Crippen LogP contribution in [-0.2, 0) is 0 Å². The summed E-state index contributed by atoms with van der Waals surface area (Å²) in [6.45, 7) is 3.96. The molecule has 5 rings (SSSR count). The van der Waals surface area contributed by atoms with Crippen LogP contribution in [0.2, 0.25) is 0 Å². The predicted octanol–water partition coefficient (Wildman–Crippen LogP) is 2.03. The van der Waals surface area contributed by atoms with Crippen molar-refractivity contribution in [3.63, 3.8) is 0 Å². The molecule has 25 heavy (non-hydrogen) atoms. The summed E-state index contributed by atoms with van der Waals surface area (Å²) >= 11 is 0. The van der Waals surface area contributed by atoms with Crippen molar-refractivity contribution < 1.29 is 0 Å². The number of fused-ring (bicyclic) bond motifs is 1. The van der Waals surface area contributed by atoms with Crippen molar-refractivity contribution >= 4 is 17.3 Å². The highest BCUT2D eigenvalue weighted by molar-refractivity contribution is 5.51. The smallest absolute Gasteiger partial charge is 0.153 e. The van der Waals surface area contributed by atoms with Gasteiger partial charge in [-0.05, 0) is 31.9 Å². The summed E-state index contributed by atoms with van der Waals surface area (Å²) in [7, 11) is 2.13. The minimum Gasteiger partial charge on any atom is -0.353 e. The molecule has 0 bridgehead atoms. The van der Waals surface area contributed by atoms with Crippen LogP contribution in [0.4, 0.5) is 11.6 Å². The SMILES string of the molecule is Cc1cc(N(C)C2CN(c3ccc4nccn4n3)C2)nc(C2CC2)n1. The average molecular weight is 335 g/mol. The van der Waals surface area contributed by atoms with Crippen LogP contribution in [0.25, 0.3) is 5.65 Å². The Hall–Kier alpha value is -2.70. The van der Waals surface area contributed by atoms with Crippen molar-refractivity contribution in [3.8, 4) is 0 Å². The van der Waals surface area contributed by atoms with Gasteiger partial charge in [-0.1, -0.05) is 0 Å². The van der Waals surface area contributed by atoms with E-state index in [-0.39, 0.29) is 0 Å². The fraction of sp³-hybridized carbons (Fsp3) is 0.444. The molecule has 1 saturated heterocycles. The molecule has 0 N–H and O–H groups in total. The molecule has 7 nitrogen and oxygen atoms in total. The van der Waals surface area contributed by atoms with E-state index in [9.17, 15) is 0 Å². The molecule has 1 aliphatic carbocycles. The Morgan fingerprint density at radius 1 is 1.16 bits per heavy atom. The lowest BCUT2D eigenvalue weighted by Gasteiger charge is -2.45. The highest BCUT2D eigenvalue weighted by Crippen LogP contribution is 2.38. The highest BCUT2D eigenvalue weighted by Gasteiger charge is 2.33. The van der Waals surface area contributed by atoms with Gasteiger partial charge in [0.25, 0.3) is 0 Å². The Morgan fingerprint density at radius 3 is 2.80 bits per heavy atom. The zero-order valence-corrected chi connectivity index (χ0v) is 14.5. The van der Waals surface area contributed by atoms with Crippen molar-refractivity contribution in [1.29, 1.82) is 0 Å². The largest absolute Gasteiger partial charge is 0.353 e. The van der Waals surface area contributed by atoms with E-state index in [1.165, 1.54) is 12.8 Å². The van der Waals surface area contributed by atoms with E-state index in [4.69, 9.17) is 4.98 Å². The molecule has 128 valence electrons. The Labute approximate surface area is 146 Å². The maximum atomic E-state index is 4.80. The fourth-order valence-electron chi connectivity index (χ4n) is 3.33. The summed E-state index contributed by atoms with van der Waals surface area (Å²) in [5.74, 6) is 3.63. The molecule has 1 aliphatic heterocycles. The lowest BCUT2D eigenvalue weighted by Crippen LogP contribution is -2.59. The zero-order valence-electron chi connectivity index (χ0n) is 14.5. The Balaban J connectivity index is 1.31. The van der Waals surface area contributed by atoms with Gasteiger partial charge in [0.15, 0.2) is 5.65 Å². The molecule has 0 aromatic carbocycles. The summed E-state index contributed by atoms with van der Waals surface area (Å²) in [5.41, 5.74) is 1.93. The van der Waals surface area contributed by atoms with E-state index in [1.54, 1.807) is 6.20 Å². The topological polar surface area (TPSA) is 62.5 Å². The summed E-state index contributed by atoms with van der Waals surface area (Å²) in [6, 6.07) is 6.58. The maximum absolute atomic E-state index is 4.80. The van der Waals surface area contributed by atoms with Gasteiger partial charge < -0.3 is 9.80 Å². The number of imidazole rings is 1. The zero-order chi connectivity index (χ0) is 17.0. The second kappa shape index (κ2) is 5.40. The molecule has 0 amide bonds. The van der Waals surface area contributed by atoms with E-state index >= 15 is 0 Å². The third-order valence-corrected chi connectivity index (χ3v) is 5.14. The van der Waals surface area contributed by atoms with Gasteiger partial charge in [0.2, 0.25) is 0 Å². The van der Waals surface area contributed by atoms with Gasteiger partial charge in [-0.15, -0.1) is 5.10 Å². The lowest BCUT2D eigenvalue weighted by molar-refractivity contribution is 0.486. The minimum absolute atomic E-state index is 0.446. The number of nitrogens with zero attached hydrogens (tertiary/aromatic N) is 7. The Bertz CT molecular complexity index is 924. The third kappa shape index (κ3) is 2.59. The number of anilines is 2. The second-order valence-electron chi connectivity index (χ2n) is 7.09. The van der Waals surface area contributed by atoms with E-state index in [1.807, 2.05) is 22.8 Å². The molecule has 3 aromatic rings. The van der Waals surface area contributed by atoms with Crippen LogP contribution < -0.4 is 9.80 Å². The first-order valence-electron chi connectivity index (χ1n) is 8.81. The van der Waals surface area contributed by atoms with Gasteiger partial charge in [-0.25, -0.2) is 19.5 Å². The van der Waals surface area contributed by atoms with Gasteiger partial charge in [0, 0.05) is 50.2 Å². The first-order valence-corrected chi connectivity index (χ1v) is 8.81. The number of rotatable bonds is 4. The molecule has 2 fully saturated rings. The lowest BCUT2D eigenvalue weighted by atomic mass is 10.1. The van der Waals surface area contributed by atoms with Crippen LogP contribution in [0.1, 0.15) is 30.3 Å². The molecule has 7 heteroatoms. The van der Waals surface area contributed by atoms with Crippen molar-refractivity contribution in [1.82, 2.24) is 24.6 Å². The number of likely N-dealkylation sites (N-methyl/N-ethyl adjacent to an activating group) is 1. The first-order chi connectivity index (χ1) is 12.2. The van der Waals surface area contributed by atoms with E-state index in [0.717, 1.165) is 41.9 Å². The number of hydrogen-bond acceptors (Lipinski definition) is 6. The molecular formula is C18H21N7. The molecule has 3 aromatic heterocycles. The number of aromatic nitrogens is 5. The van der Waals surface area contributed by atoms with Gasteiger partial charge in [0.1, 0.15) is 17.5 Å². The average Bonchev–Trinajstić information content (AvgIpc) is 3.31. The molecule has 0 radical (unpaired) electrons. The highest BCUT2D eigenvalue weighted by atomic mass is 15.4. The minimum atomic E-state index is 0.446. The van der Waals surface area contributed by atoms with Gasteiger partial charge in [-0.3, -0.25) is 0 Å². The summed E-state index contributed by atoms with van der Waals surface area (Å²) in [6.07, 6.45) is 6.11. The standard InChI is InChI=1S/C18H21N7/c1-12-9-17(21-18(20-12)13-3-4-13)23(2)14-10-24(11-14)16-6-5-15-19-7-8-25(15)22-16/h5-9,13-14H,3-4,10-11H2,1-2H3. The van der Waals surface area contributed by atoms with Gasteiger partial charge >= 0.3 is 0 Å². The van der Waals surface area contributed by atoms with Gasteiger partial charge in [0.05, 0.1) is 6.04 Å². The monoisotopic (exact) mass is 335 g/mol. The summed E-state index contributed by atoms with van der Waals surface area (Å²) < 4.78 is 1.82. The molecule has 0 atom stereocenters. The summed E-state index contributed by atoms with van der Waals surface area (Å²) in [5, 5.41) is 4.62. The number of hydrogen-bond donors (Lipinski definition) is 0. The van der Waals surface area contributed by atoms with Crippen molar-refractivity contribution in [2.45, 2.75) is 31.7 Å². The fourth-order valence-corrected chi connectivity index (χ4v) is 3.33. The van der Waals surface area contributed by atoms with E-state index in [2.05, 4.69) is 44.9 Å². The van der Waals surface area contributed by atoms with Crippen molar-refractivity contribution in [2.24, 2.45) is 0 Å². The molecule has 0 unspecified atom stereocenters. The molecule has 1 saturated carbocycles. The molecule has 2 aliphatic rings. The van der Waals surface area contributed by atoms with E-state index < -0.39 is 0 Å². The van der Waals surface area contributed by atoms with Crippen LogP contribution in [0.3, 0.4) is 0 Å². The van der Waals surface area contributed by atoms with E-state index in [0.29, 0.717) is 12.0 Å². The van der Waals surface area contributed by atoms with Crippen LogP contribution in [0, 0.1) is 6.92 Å². The van der Waals surface area contributed by atoms with Crippen molar-refractivity contribution in [3.05, 3.63) is 42.1 Å². The molecule has 0 spiro atoms. The third-order valence-electron chi connectivity index (χ3n) is 5.14. The quantitative estimate of drug-likeness (QED) is 0.727.